The first-order valence-electron chi connectivity index (χ1n) is 9.18. The third kappa shape index (κ3) is 12.2. The number of carbonyl (C=O) groups excluding carboxylic acids is 1. The SMILES string of the molecule is CCCCCCCCO.CCCCOC(=O)c1ccc(C(=O)O)cc1. The third-order valence-electron chi connectivity index (χ3n) is 3.61. The van der Waals surface area contributed by atoms with Crippen LogP contribution in [-0.4, -0.2) is 35.4 Å². The van der Waals surface area contributed by atoms with Crippen molar-refractivity contribution in [2.45, 2.75) is 65.2 Å². The van der Waals surface area contributed by atoms with Crippen molar-refractivity contribution < 1.29 is 24.5 Å². The van der Waals surface area contributed by atoms with Gasteiger partial charge in [0.25, 0.3) is 0 Å². The molecule has 0 fully saturated rings. The zero-order valence-corrected chi connectivity index (χ0v) is 15.5. The van der Waals surface area contributed by atoms with Crippen molar-refractivity contribution in [1.82, 2.24) is 0 Å². The van der Waals surface area contributed by atoms with Crippen molar-refractivity contribution in [1.29, 1.82) is 0 Å². The number of hydrogen-bond acceptors (Lipinski definition) is 4. The minimum atomic E-state index is -1.01. The van der Waals surface area contributed by atoms with Crippen LogP contribution in [0.15, 0.2) is 24.3 Å². The van der Waals surface area contributed by atoms with Gasteiger partial charge in [-0.2, -0.15) is 0 Å². The van der Waals surface area contributed by atoms with E-state index in [2.05, 4.69) is 6.92 Å². The number of aliphatic hydroxyl groups is 1. The minimum absolute atomic E-state index is 0.158. The van der Waals surface area contributed by atoms with E-state index < -0.39 is 11.9 Å². The van der Waals surface area contributed by atoms with E-state index in [-0.39, 0.29) is 5.56 Å². The number of ether oxygens (including phenoxy) is 1. The van der Waals surface area contributed by atoms with Crippen LogP contribution in [-0.2, 0) is 4.74 Å². The largest absolute Gasteiger partial charge is 0.478 e. The Morgan fingerprint density at radius 2 is 1.36 bits per heavy atom. The molecule has 1 rings (SSSR count). The van der Waals surface area contributed by atoms with Crippen LogP contribution in [0.5, 0.6) is 0 Å². The maximum Gasteiger partial charge on any atom is 0.338 e. The molecule has 0 saturated heterocycles. The second-order valence-electron chi connectivity index (χ2n) is 5.86. The van der Waals surface area contributed by atoms with Gasteiger partial charge < -0.3 is 14.9 Å². The molecule has 0 heterocycles. The molecule has 0 amide bonds. The number of hydrogen-bond donors (Lipinski definition) is 2. The van der Waals surface area contributed by atoms with Crippen molar-refractivity contribution in [2.75, 3.05) is 13.2 Å². The summed E-state index contributed by atoms with van der Waals surface area (Å²) in [7, 11) is 0. The summed E-state index contributed by atoms with van der Waals surface area (Å²) in [5.74, 6) is -1.42. The fraction of sp³-hybridized carbons (Fsp3) is 0.600. The Bertz CT molecular complexity index is 461. The molecule has 2 N–H and O–H groups in total. The maximum atomic E-state index is 11.4. The first-order chi connectivity index (χ1) is 12.1. The van der Waals surface area contributed by atoms with Gasteiger partial charge in [-0.1, -0.05) is 52.4 Å². The first kappa shape index (κ1) is 23.1. The van der Waals surface area contributed by atoms with Gasteiger partial charge in [0.15, 0.2) is 0 Å². The maximum absolute atomic E-state index is 11.4. The molecule has 0 bridgehead atoms. The first-order valence-corrected chi connectivity index (χ1v) is 9.18. The summed E-state index contributed by atoms with van der Waals surface area (Å²) < 4.78 is 4.98. The van der Waals surface area contributed by atoms with Gasteiger partial charge in [-0.3, -0.25) is 0 Å². The Morgan fingerprint density at radius 3 is 1.88 bits per heavy atom. The minimum Gasteiger partial charge on any atom is -0.478 e. The van der Waals surface area contributed by atoms with Crippen molar-refractivity contribution in [2.24, 2.45) is 0 Å². The third-order valence-corrected chi connectivity index (χ3v) is 3.61. The van der Waals surface area contributed by atoms with E-state index in [1.807, 2.05) is 6.92 Å². The standard InChI is InChI=1S/C12H14O4.C8H18O/c1-2-3-8-16-12(15)10-6-4-9(5-7-10)11(13)14;1-2-3-4-5-6-7-8-9/h4-7H,2-3,8H2,1H3,(H,13,14);9H,2-8H2,1H3. The average molecular weight is 352 g/mol. The molecule has 5 heteroatoms. The lowest BCUT2D eigenvalue weighted by Crippen LogP contribution is -2.06. The number of unbranched alkanes of at least 4 members (excludes halogenated alkanes) is 6. The lowest BCUT2D eigenvalue weighted by Gasteiger charge is -2.03. The van der Waals surface area contributed by atoms with E-state index in [0.717, 1.165) is 19.3 Å². The molecule has 0 spiro atoms. The average Bonchev–Trinajstić information content (AvgIpc) is 2.62. The Morgan fingerprint density at radius 1 is 0.840 bits per heavy atom. The smallest absolute Gasteiger partial charge is 0.338 e. The summed E-state index contributed by atoms with van der Waals surface area (Å²) in [6, 6.07) is 5.69. The van der Waals surface area contributed by atoms with E-state index in [1.54, 1.807) is 0 Å². The summed E-state index contributed by atoms with van der Waals surface area (Å²) in [5.41, 5.74) is 0.534. The molecule has 0 aliphatic carbocycles. The normalized spacial score (nSPS) is 9.88. The van der Waals surface area contributed by atoms with Gasteiger partial charge in [0.05, 0.1) is 17.7 Å². The van der Waals surface area contributed by atoms with Crippen molar-refractivity contribution in [3.63, 3.8) is 0 Å². The van der Waals surface area contributed by atoms with Crippen LogP contribution in [0.4, 0.5) is 0 Å². The number of aliphatic hydroxyl groups excluding tert-OH is 1. The molecule has 1 aromatic carbocycles. The van der Waals surface area contributed by atoms with Crippen LogP contribution in [0.25, 0.3) is 0 Å². The number of benzene rings is 1. The summed E-state index contributed by atoms with van der Waals surface area (Å²) in [5, 5.41) is 17.1. The van der Waals surface area contributed by atoms with E-state index in [4.69, 9.17) is 14.9 Å². The highest BCUT2D eigenvalue weighted by Gasteiger charge is 2.08. The molecule has 0 unspecified atom stereocenters. The number of aromatic carboxylic acids is 1. The zero-order chi connectivity index (χ0) is 18.9. The van der Waals surface area contributed by atoms with Crippen LogP contribution in [0, 0.1) is 0 Å². The monoisotopic (exact) mass is 352 g/mol. The Balaban J connectivity index is 0.000000547. The van der Waals surface area contributed by atoms with Gasteiger partial charge in [0, 0.05) is 6.61 Å². The van der Waals surface area contributed by atoms with Gasteiger partial charge >= 0.3 is 11.9 Å². The highest BCUT2D eigenvalue weighted by atomic mass is 16.5. The fourth-order valence-electron chi connectivity index (χ4n) is 2.03. The Labute approximate surface area is 151 Å². The van der Waals surface area contributed by atoms with Gasteiger partial charge in [0.1, 0.15) is 0 Å². The molecule has 1 aromatic rings. The van der Waals surface area contributed by atoms with Crippen LogP contribution >= 0.6 is 0 Å². The predicted octanol–water partition coefficient (Wildman–Crippen LogP) is 4.68. The van der Waals surface area contributed by atoms with Gasteiger partial charge in [-0.15, -0.1) is 0 Å². The molecule has 0 atom stereocenters. The van der Waals surface area contributed by atoms with Crippen molar-refractivity contribution in [3.05, 3.63) is 35.4 Å². The molecule has 5 nitrogen and oxygen atoms in total. The quantitative estimate of drug-likeness (QED) is 0.446. The number of carbonyl (C=O) groups is 2. The van der Waals surface area contributed by atoms with Crippen LogP contribution in [0.3, 0.4) is 0 Å². The highest BCUT2D eigenvalue weighted by molar-refractivity contribution is 5.92. The van der Waals surface area contributed by atoms with Gasteiger partial charge in [-0.25, -0.2) is 9.59 Å². The molecule has 0 aromatic heterocycles. The van der Waals surface area contributed by atoms with Gasteiger partial charge in [0.2, 0.25) is 0 Å². The fourth-order valence-corrected chi connectivity index (χ4v) is 2.03. The van der Waals surface area contributed by atoms with Crippen LogP contribution in [0.1, 0.15) is 85.9 Å². The second kappa shape index (κ2) is 15.6. The number of carboxylic acid groups (broad SMARTS) is 1. The summed E-state index contributed by atoms with van der Waals surface area (Å²) in [6.07, 6.45) is 9.29. The summed E-state index contributed by atoms with van der Waals surface area (Å²) in [4.78, 5) is 22.0. The molecule has 142 valence electrons. The number of rotatable bonds is 11. The molecule has 0 aliphatic heterocycles. The van der Waals surface area contributed by atoms with Crippen molar-refractivity contribution in [3.8, 4) is 0 Å². The van der Waals surface area contributed by atoms with E-state index >= 15 is 0 Å². The van der Waals surface area contributed by atoms with Gasteiger partial charge in [-0.05, 0) is 37.1 Å². The highest BCUT2D eigenvalue weighted by Crippen LogP contribution is 2.06. The molecule has 0 saturated carbocycles. The number of carboxylic acids is 1. The number of esters is 1. The van der Waals surface area contributed by atoms with Crippen LogP contribution < -0.4 is 0 Å². The molecular weight excluding hydrogens is 320 g/mol. The zero-order valence-electron chi connectivity index (χ0n) is 15.5. The van der Waals surface area contributed by atoms with E-state index in [1.165, 1.54) is 56.4 Å². The molecule has 0 radical (unpaired) electrons. The Kier molecular flexibility index (Phi) is 14.5. The van der Waals surface area contributed by atoms with E-state index in [9.17, 15) is 9.59 Å². The lowest BCUT2D eigenvalue weighted by molar-refractivity contribution is 0.0498. The predicted molar refractivity (Wildman–Crippen MR) is 99.1 cm³/mol. The molecular formula is C20H32O5. The lowest BCUT2D eigenvalue weighted by atomic mass is 10.1. The van der Waals surface area contributed by atoms with E-state index in [0.29, 0.717) is 18.8 Å². The summed E-state index contributed by atoms with van der Waals surface area (Å²) in [6.45, 7) is 4.99. The second-order valence-corrected chi connectivity index (χ2v) is 5.86. The Hall–Kier alpha value is -1.88. The summed E-state index contributed by atoms with van der Waals surface area (Å²) >= 11 is 0. The molecule has 25 heavy (non-hydrogen) atoms. The molecule has 0 aliphatic rings. The topological polar surface area (TPSA) is 83.8 Å². The van der Waals surface area contributed by atoms with Crippen molar-refractivity contribution >= 4 is 11.9 Å². The van der Waals surface area contributed by atoms with Crippen LogP contribution in [0.2, 0.25) is 0 Å².